The molecule has 7 heteroatoms. The molecule has 3 rings (SSSR count). The fourth-order valence-corrected chi connectivity index (χ4v) is 2.97. The van der Waals surface area contributed by atoms with Crippen LogP contribution in [-0.2, 0) is 13.1 Å². The molecule has 0 spiro atoms. The van der Waals surface area contributed by atoms with Gasteiger partial charge >= 0.3 is 0 Å². The lowest BCUT2D eigenvalue weighted by molar-refractivity contribution is 0.237. The van der Waals surface area contributed by atoms with Crippen molar-refractivity contribution in [2.24, 2.45) is 5.92 Å². The maximum atomic E-state index is 5.26. The standard InChI is InChI=1S/C17H26N6O/c1-14(2)11-23-17(19-13-20-23)12-21-4-6-22(7-5-21)15-8-16(24-3)10-18-9-15/h8-10,13-14H,4-7,11-12H2,1-3H3. The average Bonchev–Trinajstić information content (AvgIpc) is 3.01. The largest absolute Gasteiger partial charge is 0.495 e. The van der Waals surface area contributed by atoms with Gasteiger partial charge in [0.05, 0.1) is 31.7 Å². The topological polar surface area (TPSA) is 59.3 Å². The van der Waals surface area contributed by atoms with Gasteiger partial charge in [-0.15, -0.1) is 0 Å². The van der Waals surface area contributed by atoms with E-state index >= 15 is 0 Å². The van der Waals surface area contributed by atoms with Gasteiger partial charge in [0, 0.05) is 38.8 Å². The van der Waals surface area contributed by atoms with Gasteiger partial charge in [0.25, 0.3) is 0 Å². The predicted octanol–water partition coefficient (Wildman–Crippen LogP) is 1.66. The van der Waals surface area contributed by atoms with Crippen LogP contribution in [0, 0.1) is 5.92 Å². The minimum atomic E-state index is 0.572. The fourth-order valence-electron chi connectivity index (χ4n) is 2.97. The molecule has 0 aliphatic carbocycles. The summed E-state index contributed by atoms with van der Waals surface area (Å²) in [5, 5.41) is 4.35. The Morgan fingerprint density at radius 3 is 2.67 bits per heavy atom. The third kappa shape index (κ3) is 4.03. The van der Waals surface area contributed by atoms with E-state index in [1.54, 1.807) is 19.6 Å². The van der Waals surface area contributed by atoms with Gasteiger partial charge in [-0.05, 0) is 5.92 Å². The first-order chi connectivity index (χ1) is 11.7. The van der Waals surface area contributed by atoms with Crippen LogP contribution >= 0.6 is 0 Å². The van der Waals surface area contributed by atoms with Gasteiger partial charge < -0.3 is 9.64 Å². The van der Waals surface area contributed by atoms with Crippen LogP contribution in [0.2, 0.25) is 0 Å². The minimum absolute atomic E-state index is 0.572. The second-order valence-corrected chi connectivity index (χ2v) is 6.60. The molecule has 0 N–H and O–H groups in total. The van der Waals surface area contributed by atoms with Crippen molar-refractivity contribution in [3.05, 3.63) is 30.6 Å². The summed E-state index contributed by atoms with van der Waals surface area (Å²) in [5.74, 6) is 2.43. The van der Waals surface area contributed by atoms with Crippen LogP contribution < -0.4 is 9.64 Å². The Morgan fingerprint density at radius 2 is 1.96 bits per heavy atom. The highest BCUT2D eigenvalue weighted by molar-refractivity contribution is 5.48. The zero-order valence-electron chi connectivity index (χ0n) is 14.7. The van der Waals surface area contributed by atoms with E-state index in [0.29, 0.717) is 5.92 Å². The van der Waals surface area contributed by atoms with E-state index < -0.39 is 0 Å². The number of rotatable bonds is 6. The lowest BCUT2D eigenvalue weighted by Gasteiger charge is -2.35. The summed E-state index contributed by atoms with van der Waals surface area (Å²) in [6.45, 7) is 10.2. The summed E-state index contributed by atoms with van der Waals surface area (Å²) < 4.78 is 7.29. The van der Waals surface area contributed by atoms with Crippen LogP contribution in [0.3, 0.4) is 0 Å². The van der Waals surface area contributed by atoms with E-state index in [1.807, 2.05) is 16.9 Å². The van der Waals surface area contributed by atoms with E-state index in [2.05, 4.69) is 38.7 Å². The molecule has 2 aromatic rings. The van der Waals surface area contributed by atoms with E-state index in [9.17, 15) is 0 Å². The number of ether oxygens (including phenoxy) is 1. The molecule has 7 nitrogen and oxygen atoms in total. The molecule has 3 heterocycles. The van der Waals surface area contributed by atoms with E-state index in [1.165, 1.54) is 0 Å². The Kier molecular flexibility index (Phi) is 5.30. The van der Waals surface area contributed by atoms with E-state index in [-0.39, 0.29) is 0 Å². The summed E-state index contributed by atoms with van der Waals surface area (Å²) >= 11 is 0. The molecule has 0 radical (unpaired) electrons. The van der Waals surface area contributed by atoms with E-state index in [4.69, 9.17) is 4.74 Å². The number of nitrogens with zero attached hydrogens (tertiary/aromatic N) is 6. The number of anilines is 1. The highest BCUT2D eigenvalue weighted by Crippen LogP contribution is 2.21. The van der Waals surface area contributed by atoms with Crippen LogP contribution in [-0.4, -0.2) is 57.9 Å². The van der Waals surface area contributed by atoms with Gasteiger partial charge in [0.2, 0.25) is 0 Å². The molecule has 0 aromatic carbocycles. The lowest BCUT2D eigenvalue weighted by atomic mass is 10.2. The van der Waals surface area contributed by atoms with Gasteiger partial charge in [-0.25, -0.2) is 9.67 Å². The summed E-state index contributed by atoms with van der Waals surface area (Å²) in [6.07, 6.45) is 5.30. The first-order valence-electron chi connectivity index (χ1n) is 8.48. The molecule has 0 bridgehead atoms. The zero-order valence-corrected chi connectivity index (χ0v) is 14.7. The Balaban J connectivity index is 1.56. The molecular formula is C17H26N6O. The second kappa shape index (κ2) is 7.61. The Bertz CT molecular complexity index is 648. The minimum Gasteiger partial charge on any atom is -0.495 e. The smallest absolute Gasteiger partial charge is 0.141 e. The van der Waals surface area contributed by atoms with Crippen LogP contribution in [0.15, 0.2) is 24.8 Å². The van der Waals surface area contributed by atoms with Gasteiger partial charge in [0.1, 0.15) is 17.9 Å². The number of methoxy groups -OCH3 is 1. The molecular weight excluding hydrogens is 304 g/mol. The highest BCUT2D eigenvalue weighted by Gasteiger charge is 2.19. The molecule has 1 fully saturated rings. The van der Waals surface area contributed by atoms with Gasteiger partial charge in [-0.3, -0.25) is 9.88 Å². The van der Waals surface area contributed by atoms with Crippen molar-refractivity contribution in [2.75, 3.05) is 38.2 Å². The number of hydrogen-bond donors (Lipinski definition) is 0. The first kappa shape index (κ1) is 16.7. The quantitative estimate of drug-likeness (QED) is 0.803. The highest BCUT2D eigenvalue weighted by atomic mass is 16.5. The van der Waals surface area contributed by atoms with Gasteiger partial charge in [-0.1, -0.05) is 13.8 Å². The molecule has 0 unspecified atom stereocenters. The maximum Gasteiger partial charge on any atom is 0.141 e. The SMILES string of the molecule is COc1cncc(N2CCN(Cc3ncnn3CC(C)C)CC2)c1. The van der Waals surface area contributed by atoms with Crippen molar-refractivity contribution in [3.8, 4) is 5.75 Å². The Hall–Kier alpha value is -2.15. The van der Waals surface area contributed by atoms with E-state index in [0.717, 1.165) is 56.5 Å². The third-order valence-electron chi connectivity index (χ3n) is 4.27. The number of pyridine rings is 1. The number of aromatic nitrogens is 4. The molecule has 0 atom stereocenters. The average molecular weight is 330 g/mol. The normalized spacial score (nSPS) is 15.9. The summed E-state index contributed by atoms with van der Waals surface area (Å²) in [6, 6.07) is 2.04. The van der Waals surface area contributed by atoms with Crippen molar-refractivity contribution < 1.29 is 4.74 Å². The molecule has 24 heavy (non-hydrogen) atoms. The zero-order chi connectivity index (χ0) is 16.9. The molecule has 0 saturated carbocycles. The molecule has 130 valence electrons. The number of hydrogen-bond acceptors (Lipinski definition) is 6. The van der Waals surface area contributed by atoms with Crippen molar-refractivity contribution >= 4 is 5.69 Å². The van der Waals surface area contributed by atoms with Crippen LogP contribution in [0.5, 0.6) is 5.75 Å². The van der Waals surface area contributed by atoms with Crippen molar-refractivity contribution in [3.63, 3.8) is 0 Å². The summed E-state index contributed by atoms with van der Waals surface area (Å²) in [4.78, 5) is 13.5. The third-order valence-corrected chi connectivity index (χ3v) is 4.27. The first-order valence-corrected chi connectivity index (χ1v) is 8.48. The number of piperazine rings is 1. The van der Waals surface area contributed by atoms with Crippen LogP contribution in [0.25, 0.3) is 0 Å². The summed E-state index contributed by atoms with van der Waals surface area (Å²) in [7, 11) is 1.67. The Labute approximate surface area is 143 Å². The van der Waals surface area contributed by atoms with Crippen molar-refractivity contribution in [2.45, 2.75) is 26.9 Å². The molecule has 2 aromatic heterocycles. The van der Waals surface area contributed by atoms with Crippen LogP contribution in [0.1, 0.15) is 19.7 Å². The second-order valence-electron chi connectivity index (χ2n) is 6.60. The van der Waals surface area contributed by atoms with Gasteiger partial charge in [-0.2, -0.15) is 5.10 Å². The molecule has 1 saturated heterocycles. The summed E-state index contributed by atoms with van der Waals surface area (Å²) in [5.41, 5.74) is 1.12. The predicted molar refractivity (Wildman–Crippen MR) is 93.1 cm³/mol. The Morgan fingerprint density at radius 1 is 1.17 bits per heavy atom. The van der Waals surface area contributed by atoms with Crippen molar-refractivity contribution in [1.29, 1.82) is 0 Å². The van der Waals surface area contributed by atoms with Crippen molar-refractivity contribution in [1.82, 2.24) is 24.6 Å². The fraction of sp³-hybridized carbons (Fsp3) is 0.588. The lowest BCUT2D eigenvalue weighted by Crippen LogP contribution is -2.46. The monoisotopic (exact) mass is 330 g/mol. The van der Waals surface area contributed by atoms with Crippen LogP contribution in [0.4, 0.5) is 5.69 Å². The molecule has 0 amide bonds. The molecule has 1 aliphatic heterocycles. The maximum absolute atomic E-state index is 5.26. The molecule has 1 aliphatic rings. The van der Waals surface area contributed by atoms with Gasteiger partial charge in [0.15, 0.2) is 0 Å².